The molecule has 2 unspecified atom stereocenters. The number of hydrogen-bond donors (Lipinski definition) is 2. The van der Waals surface area contributed by atoms with Crippen molar-refractivity contribution in [3.05, 3.63) is 47.9 Å². The van der Waals surface area contributed by atoms with Crippen molar-refractivity contribution in [1.29, 1.82) is 0 Å². The van der Waals surface area contributed by atoms with Gasteiger partial charge in [-0.15, -0.1) is 0 Å². The highest BCUT2D eigenvalue weighted by atomic mass is 35.5. The summed E-state index contributed by atoms with van der Waals surface area (Å²) in [4.78, 5) is 0. The average molecular weight is 269 g/mol. The summed E-state index contributed by atoms with van der Waals surface area (Å²) in [6, 6.07) is 0.208. The normalized spacial score (nSPS) is 24.1. The van der Waals surface area contributed by atoms with Crippen LogP contribution in [0.2, 0.25) is 0 Å². The molecule has 0 saturated carbocycles. The number of allylic oxidation sites excluding steroid dienone is 5. The molecule has 0 aromatic heterocycles. The van der Waals surface area contributed by atoms with Gasteiger partial charge in [-0.2, -0.15) is 0 Å². The maximum absolute atomic E-state index is 6.14. The van der Waals surface area contributed by atoms with Crippen LogP contribution in [0, 0.1) is 0 Å². The number of hydrogen-bond acceptors (Lipinski definition) is 2. The predicted octanol–water partition coefficient (Wildman–Crippen LogP) is 4.08. The molecule has 102 valence electrons. The van der Waals surface area contributed by atoms with Crippen LogP contribution in [-0.2, 0) is 0 Å². The summed E-state index contributed by atoms with van der Waals surface area (Å²) in [5.41, 5.74) is 2.20. The molecule has 0 bridgehead atoms. The fourth-order valence-electron chi connectivity index (χ4n) is 1.59. The zero-order valence-corrected chi connectivity index (χ0v) is 12.8. The molecular formula is C15H25ClN2. The van der Waals surface area contributed by atoms with Gasteiger partial charge in [0.1, 0.15) is 5.50 Å². The first kappa shape index (κ1) is 16.9. The molecule has 0 radical (unpaired) electrons. The Bertz CT molecular complexity index is 340. The summed E-state index contributed by atoms with van der Waals surface area (Å²) in [7, 11) is 0. The second kappa shape index (κ2) is 9.84. The Morgan fingerprint density at radius 1 is 1.06 bits per heavy atom. The molecule has 2 aliphatic rings. The standard InChI is InChI=1S/C11H13ClN2.2C2H6/c1-8-4-2-6-10(14-8)9-5-3-7-13-11(9)12;2*1-2/h2-7,10-11,13-14H,1H3;2*1-2H3. The predicted molar refractivity (Wildman–Crippen MR) is 82.5 cm³/mol. The molecular weight excluding hydrogens is 244 g/mol. The monoisotopic (exact) mass is 268 g/mol. The van der Waals surface area contributed by atoms with E-state index in [1.54, 1.807) is 0 Å². The van der Waals surface area contributed by atoms with Gasteiger partial charge in [0.2, 0.25) is 0 Å². The van der Waals surface area contributed by atoms with Crippen molar-refractivity contribution in [2.24, 2.45) is 0 Å². The van der Waals surface area contributed by atoms with E-state index in [1.165, 1.54) is 0 Å². The Morgan fingerprint density at radius 2 is 1.72 bits per heavy atom. The van der Waals surface area contributed by atoms with E-state index >= 15 is 0 Å². The van der Waals surface area contributed by atoms with Crippen LogP contribution in [0.25, 0.3) is 0 Å². The van der Waals surface area contributed by atoms with Gasteiger partial charge in [-0.05, 0) is 30.8 Å². The van der Waals surface area contributed by atoms with E-state index in [1.807, 2.05) is 53.0 Å². The molecule has 2 aliphatic heterocycles. The van der Waals surface area contributed by atoms with Gasteiger partial charge < -0.3 is 10.6 Å². The van der Waals surface area contributed by atoms with E-state index < -0.39 is 0 Å². The number of alkyl halides is 1. The van der Waals surface area contributed by atoms with E-state index in [0.29, 0.717) is 0 Å². The van der Waals surface area contributed by atoms with E-state index in [4.69, 9.17) is 11.6 Å². The smallest absolute Gasteiger partial charge is 0.125 e. The molecule has 2 rings (SSSR count). The van der Waals surface area contributed by atoms with Crippen molar-refractivity contribution in [3.8, 4) is 0 Å². The number of rotatable bonds is 1. The highest BCUT2D eigenvalue weighted by Gasteiger charge is 2.20. The summed E-state index contributed by atoms with van der Waals surface area (Å²) in [6.45, 7) is 10.0. The van der Waals surface area contributed by atoms with Crippen molar-refractivity contribution in [2.75, 3.05) is 0 Å². The fraction of sp³-hybridized carbons (Fsp3) is 0.467. The lowest BCUT2D eigenvalue weighted by Gasteiger charge is -2.27. The van der Waals surface area contributed by atoms with Gasteiger partial charge in [-0.3, -0.25) is 0 Å². The summed E-state index contributed by atoms with van der Waals surface area (Å²) in [6.07, 6.45) is 12.1. The molecule has 2 nitrogen and oxygen atoms in total. The van der Waals surface area contributed by atoms with E-state index in [-0.39, 0.29) is 11.5 Å². The molecule has 0 aliphatic carbocycles. The van der Waals surface area contributed by atoms with Crippen LogP contribution in [0.3, 0.4) is 0 Å². The van der Waals surface area contributed by atoms with Gasteiger partial charge in [-0.25, -0.2) is 0 Å². The molecule has 18 heavy (non-hydrogen) atoms. The molecule has 0 saturated heterocycles. The molecule has 3 heteroatoms. The molecule has 0 aromatic carbocycles. The quantitative estimate of drug-likeness (QED) is 0.553. The second-order valence-corrected chi connectivity index (χ2v) is 3.85. The van der Waals surface area contributed by atoms with Gasteiger partial charge >= 0.3 is 0 Å². The molecule has 0 fully saturated rings. The van der Waals surface area contributed by atoms with E-state index in [2.05, 4.69) is 28.9 Å². The Balaban J connectivity index is 0.000000659. The lowest BCUT2D eigenvalue weighted by atomic mass is 10.0. The second-order valence-electron chi connectivity index (χ2n) is 3.41. The molecule has 2 N–H and O–H groups in total. The SMILES string of the molecule is CC.CC.CC1=CC=CC(C2=CC=CNC2Cl)N1. The third-order valence-electron chi connectivity index (χ3n) is 2.31. The molecule has 0 amide bonds. The van der Waals surface area contributed by atoms with Crippen LogP contribution in [0.1, 0.15) is 34.6 Å². The molecule has 2 heterocycles. The molecule has 0 spiro atoms. The number of dihydropyridines is 2. The van der Waals surface area contributed by atoms with Crippen LogP contribution in [-0.4, -0.2) is 11.5 Å². The van der Waals surface area contributed by atoms with E-state index in [0.717, 1.165) is 11.3 Å². The number of nitrogens with one attached hydrogen (secondary N) is 2. The van der Waals surface area contributed by atoms with Crippen molar-refractivity contribution in [2.45, 2.75) is 46.2 Å². The van der Waals surface area contributed by atoms with E-state index in [9.17, 15) is 0 Å². The fourth-order valence-corrected chi connectivity index (χ4v) is 1.87. The van der Waals surface area contributed by atoms with Gasteiger partial charge in [-0.1, -0.05) is 57.5 Å². The van der Waals surface area contributed by atoms with Crippen LogP contribution in [0.4, 0.5) is 0 Å². The third kappa shape index (κ3) is 5.01. The Labute approximate surface area is 116 Å². The first-order valence-electron chi connectivity index (χ1n) is 6.66. The maximum Gasteiger partial charge on any atom is 0.125 e. The first-order valence-corrected chi connectivity index (χ1v) is 7.09. The van der Waals surface area contributed by atoms with Crippen molar-refractivity contribution in [3.63, 3.8) is 0 Å². The van der Waals surface area contributed by atoms with Crippen LogP contribution in [0.15, 0.2) is 47.9 Å². The first-order chi connectivity index (χ1) is 8.77. The van der Waals surface area contributed by atoms with Crippen LogP contribution >= 0.6 is 11.6 Å². The highest BCUT2D eigenvalue weighted by molar-refractivity contribution is 6.22. The lowest BCUT2D eigenvalue weighted by molar-refractivity contribution is 0.683. The summed E-state index contributed by atoms with van der Waals surface area (Å²) >= 11 is 6.14. The zero-order valence-electron chi connectivity index (χ0n) is 12.0. The summed E-state index contributed by atoms with van der Waals surface area (Å²) in [5.74, 6) is 0. The van der Waals surface area contributed by atoms with Crippen LogP contribution < -0.4 is 10.6 Å². The number of halogens is 1. The van der Waals surface area contributed by atoms with Gasteiger partial charge in [0.15, 0.2) is 0 Å². The zero-order chi connectivity index (χ0) is 14.0. The van der Waals surface area contributed by atoms with Crippen molar-refractivity contribution < 1.29 is 0 Å². The minimum absolute atomic E-state index is 0.118. The Hall–Kier alpha value is -1.15. The summed E-state index contributed by atoms with van der Waals surface area (Å²) < 4.78 is 0. The van der Waals surface area contributed by atoms with Gasteiger partial charge in [0.05, 0.1) is 6.04 Å². The molecule has 0 aromatic rings. The Kier molecular flexibility index (Phi) is 9.21. The van der Waals surface area contributed by atoms with Crippen molar-refractivity contribution in [1.82, 2.24) is 10.6 Å². The lowest BCUT2D eigenvalue weighted by Crippen LogP contribution is -2.37. The largest absolute Gasteiger partial charge is 0.378 e. The summed E-state index contributed by atoms with van der Waals surface area (Å²) in [5, 5.41) is 6.43. The topological polar surface area (TPSA) is 24.1 Å². The van der Waals surface area contributed by atoms with Crippen molar-refractivity contribution >= 4 is 11.6 Å². The average Bonchev–Trinajstić information content (AvgIpc) is 2.44. The van der Waals surface area contributed by atoms with Gasteiger partial charge in [0.25, 0.3) is 0 Å². The highest BCUT2D eigenvalue weighted by Crippen LogP contribution is 2.19. The Morgan fingerprint density at radius 3 is 2.28 bits per heavy atom. The van der Waals surface area contributed by atoms with Crippen LogP contribution in [0.5, 0.6) is 0 Å². The van der Waals surface area contributed by atoms with Gasteiger partial charge in [0, 0.05) is 5.70 Å². The maximum atomic E-state index is 6.14. The molecule has 2 atom stereocenters. The minimum atomic E-state index is -0.118. The minimum Gasteiger partial charge on any atom is -0.378 e. The third-order valence-corrected chi connectivity index (χ3v) is 2.69.